The minimum absolute atomic E-state index is 0.0822. The average Bonchev–Trinajstić information content (AvgIpc) is 3.16. The SMILES string of the molecule is COc1cc(/C=C2\SC(=O)N(Cc3ccc(CC(=O)O)cc3)C2=O)ccc1OCc1ccc(C(=O)O)cc1. The number of hydrogen-bond donors (Lipinski definition) is 2. The third kappa shape index (κ3) is 6.40. The summed E-state index contributed by atoms with van der Waals surface area (Å²) >= 11 is 0.843. The third-order valence-electron chi connectivity index (χ3n) is 5.67. The predicted molar refractivity (Wildman–Crippen MR) is 140 cm³/mol. The molecule has 194 valence electrons. The lowest BCUT2D eigenvalue weighted by atomic mass is 10.1. The van der Waals surface area contributed by atoms with Gasteiger partial charge in [0.05, 0.1) is 30.5 Å². The zero-order valence-corrected chi connectivity index (χ0v) is 21.1. The fraction of sp³-hybridized carbons (Fsp3) is 0.143. The fourth-order valence-corrected chi connectivity index (χ4v) is 4.54. The largest absolute Gasteiger partial charge is 0.493 e. The van der Waals surface area contributed by atoms with Gasteiger partial charge >= 0.3 is 11.9 Å². The van der Waals surface area contributed by atoms with Gasteiger partial charge in [0.1, 0.15) is 6.61 Å². The van der Waals surface area contributed by atoms with E-state index in [1.54, 1.807) is 60.7 Å². The number of nitrogens with zero attached hydrogens (tertiary/aromatic N) is 1. The molecule has 0 atom stereocenters. The first-order valence-corrected chi connectivity index (χ1v) is 12.2. The number of thioether (sulfide) groups is 1. The number of ether oxygens (including phenoxy) is 2. The molecule has 38 heavy (non-hydrogen) atoms. The highest BCUT2D eigenvalue weighted by Gasteiger charge is 2.35. The summed E-state index contributed by atoms with van der Waals surface area (Å²) in [7, 11) is 1.49. The van der Waals surface area contributed by atoms with Gasteiger partial charge in [-0.1, -0.05) is 42.5 Å². The highest BCUT2D eigenvalue weighted by molar-refractivity contribution is 8.18. The number of rotatable bonds is 10. The van der Waals surface area contributed by atoms with E-state index in [0.717, 1.165) is 22.2 Å². The second kappa shape index (κ2) is 11.7. The molecule has 0 radical (unpaired) electrons. The number of methoxy groups -OCH3 is 1. The lowest BCUT2D eigenvalue weighted by Crippen LogP contribution is -2.27. The van der Waals surface area contributed by atoms with Crippen molar-refractivity contribution in [1.29, 1.82) is 0 Å². The van der Waals surface area contributed by atoms with Crippen LogP contribution < -0.4 is 9.47 Å². The van der Waals surface area contributed by atoms with Gasteiger partial charge in [-0.2, -0.15) is 0 Å². The van der Waals surface area contributed by atoms with Crippen molar-refractivity contribution in [2.45, 2.75) is 19.6 Å². The Morgan fingerprint density at radius 3 is 2.18 bits per heavy atom. The van der Waals surface area contributed by atoms with Gasteiger partial charge in [0.15, 0.2) is 11.5 Å². The van der Waals surface area contributed by atoms with Gasteiger partial charge in [0.2, 0.25) is 0 Å². The number of amides is 2. The maximum atomic E-state index is 12.9. The van der Waals surface area contributed by atoms with Gasteiger partial charge in [0.25, 0.3) is 11.1 Å². The van der Waals surface area contributed by atoms with Gasteiger partial charge < -0.3 is 19.7 Å². The zero-order chi connectivity index (χ0) is 27.2. The number of aromatic carboxylic acids is 1. The molecule has 0 spiro atoms. The van der Waals surface area contributed by atoms with E-state index in [2.05, 4.69) is 0 Å². The first-order chi connectivity index (χ1) is 18.2. The number of hydrogen-bond acceptors (Lipinski definition) is 7. The molecule has 0 saturated carbocycles. The van der Waals surface area contributed by atoms with E-state index in [0.29, 0.717) is 28.2 Å². The molecule has 1 aliphatic rings. The van der Waals surface area contributed by atoms with Crippen molar-refractivity contribution >= 4 is 40.9 Å². The van der Waals surface area contributed by atoms with E-state index in [9.17, 15) is 19.2 Å². The van der Waals surface area contributed by atoms with Crippen LogP contribution in [0.2, 0.25) is 0 Å². The van der Waals surface area contributed by atoms with Crippen molar-refractivity contribution in [3.63, 3.8) is 0 Å². The van der Waals surface area contributed by atoms with Crippen LogP contribution in [-0.4, -0.2) is 45.3 Å². The smallest absolute Gasteiger partial charge is 0.335 e. The maximum absolute atomic E-state index is 12.9. The summed E-state index contributed by atoms with van der Waals surface area (Å²) in [5.41, 5.74) is 2.96. The van der Waals surface area contributed by atoms with Crippen LogP contribution in [0.1, 0.15) is 32.6 Å². The maximum Gasteiger partial charge on any atom is 0.335 e. The van der Waals surface area contributed by atoms with Crippen LogP contribution in [0.15, 0.2) is 71.6 Å². The fourth-order valence-electron chi connectivity index (χ4n) is 3.71. The standard InChI is InChI=1S/C28H23NO8S/c1-36-23-12-20(8-11-22(23)37-16-19-6-9-21(10-7-19)27(33)34)13-24-26(32)29(28(35)38-24)15-18-4-2-17(3-5-18)14-25(30)31/h2-13H,14-16H2,1H3,(H,30,31)(H,33,34)/b24-13-. The van der Waals surface area contributed by atoms with Crippen molar-refractivity contribution in [3.05, 3.63) is 99.5 Å². The van der Waals surface area contributed by atoms with E-state index in [-0.39, 0.29) is 30.0 Å². The van der Waals surface area contributed by atoms with E-state index >= 15 is 0 Å². The Balaban J connectivity index is 1.43. The summed E-state index contributed by atoms with van der Waals surface area (Å²) < 4.78 is 11.3. The third-order valence-corrected chi connectivity index (χ3v) is 6.58. The molecule has 0 unspecified atom stereocenters. The number of carboxylic acids is 2. The van der Waals surface area contributed by atoms with Crippen LogP contribution in [0.5, 0.6) is 11.5 Å². The average molecular weight is 534 g/mol. The first-order valence-electron chi connectivity index (χ1n) is 11.4. The molecule has 1 aliphatic heterocycles. The normalized spacial score (nSPS) is 14.1. The first kappa shape index (κ1) is 26.5. The molecule has 4 rings (SSSR count). The molecule has 0 bridgehead atoms. The van der Waals surface area contributed by atoms with Gasteiger partial charge in [0, 0.05) is 0 Å². The van der Waals surface area contributed by atoms with Crippen LogP contribution in [-0.2, 0) is 29.2 Å². The number of carbonyl (C=O) groups excluding carboxylic acids is 2. The monoisotopic (exact) mass is 533 g/mol. The van der Waals surface area contributed by atoms with Gasteiger partial charge in [-0.05, 0) is 64.4 Å². The minimum Gasteiger partial charge on any atom is -0.493 e. The predicted octanol–water partition coefficient (Wildman–Crippen LogP) is 4.84. The summed E-state index contributed by atoms with van der Waals surface area (Å²) in [5, 5.41) is 17.5. The van der Waals surface area contributed by atoms with Crippen molar-refractivity contribution in [2.24, 2.45) is 0 Å². The van der Waals surface area contributed by atoms with Crippen molar-refractivity contribution in [2.75, 3.05) is 7.11 Å². The molecule has 9 nitrogen and oxygen atoms in total. The molecule has 10 heteroatoms. The number of carboxylic acid groups (broad SMARTS) is 2. The molecule has 1 saturated heterocycles. The van der Waals surface area contributed by atoms with Crippen LogP contribution >= 0.6 is 11.8 Å². The summed E-state index contributed by atoms with van der Waals surface area (Å²) in [6.07, 6.45) is 1.51. The molecule has 2 amide bonds. The minimum atomic E-state index is -1.00. The quantitative estimate of drug-likeness (QED) is 0.352. The Bertz CT molecular complexity index is 1410. The van der Waals surface area contributed by atoms with Crippen LogP contribution in [0.25, 0.3) is 6.08 Å². The highest BCUT2D eigenvalue weighted by Crippen LogP contribution is 2.35. The Hall–Kier alpha value is -4.57. The van der Waals surface area contributed by atoms with E-state index in [4.69, 9.17) is 19.7 Å². The Labute approximate surface area is 222 Å². The lowest BCUT2D eigenvalue weighted by Gasteiger charge is -2.13. The van der Waals surface area contributed by atoms with E-state index in [1.165, 1.54) is 19.2 Å². The van der Waals surface area contributed by atoms with Gasteiger partial charge in [-0.3, -0.25) is 19.3 Å². The number of benzene rings is 3. The second-order valence-electron chi connectivity index (χ2n) is 8.36. The second-order valence-corrected chi connectivity index (χ2v) is 9.35. The summed E-state index contributed by atoms with van der Waals surface area (Å²) in [4.78, 5) is 48.7. The topological polar surface area (TPSA) is 130 Å². The molecule has 2 N–H and O–H groups in total. The molecule has 1 fully saturated rings. The zero-order valence-electron chi connectivity index (χ0n) is 20.2. The molecule has 0 aliphatic carbocycles. The molecule has 0 aromatic heterocycles. The Morgan fingerprint density at radius 2 is 1.55 bits per heavy atom. The molecule has 3 aromatic carbocycles. The van der Waals surface area contributed by atoms with Crippen molar-refractivity contribution in [3.8, 4) is 11.5 Å². The number of carbonyl (C=O) groups is 4. The summed E-state index contributed by atoms with van der Waals surface area (Å²) in [6.45, 7) is 0.282. The molecular formula is C28H23NO8S. The van der Waals surface area contributed by atoms with E-state index < -0.39 is 23.1 Å². The van der Waals surface area contributed by atoms with Gasteiger partial charge in [-0.15, -0.1) is 0 Å². The van der Waals surface area contributed by atoms with Crippen LogP contribution in [0.3, 0.4) is 0 Å². The number of imide groups is 1. The lowest BCUT2D eigenvalue weighted by molar-refractivity contribution is -0.136. The van der Waals surface area contributed by atoms with Crippen molar-refractivity contribution < 1.29 is 38.9 Å². The van der Waals surface area contributed by atoms with Crippen LogP contribution in [0, 0.1) is 0 Å². The molecular weight excluding hydrogens is 510 g/mol. The molecule has 3 aromatic rings. The highest BCUT2D eigenvalue weighted by atomic mass is 32.2. The van der Waals surface area contributed by atoms with Crippen molar-refractivity contribution in [1.82, 2.24) is 4.90 Å². The summed E-state index contributed by atoms with van der Waals surface area (Å²) in [6, 6.07) is 18.2. The molecule has 1 heterocycles. The van der Waals surface area contributed by atoms with Crippen LogP contribution in [0.4, 0.5) is 4.79 Å². The number of aliphatic carboxylic acids is 1. The van der Waals surface area contributed by atoms with E-state index in [1.807, 2.05) is 0 Å². The Morgan fingerprint density at radius 1 is 0.895 bits per heavy atom. The Kier molecular flexibility index (Phi) is 8.12. The van der Waals surface area contributed by atoms with Gasteiger partial charge in [-0.25, -0.2) is 4.79 Å². The summed E-state index contributed by atoms with van der Waals surface area (Å²) in [5.74, 6) is -1.46.